The Morgan fingerprint density at radius 3 is 2.30 bits per heavy atom. The number of aryl methyl sites for hydroxylation is 1. The molecule has 2 nitrogen and oxygen atoms in total. The van der Waals surface area contributed by atoms with Crippen molar-refractivity contribution in [2.24, 2.45) is 0 Å². The third kappa shape index (κ3) is 3.02. The lowest BCUT2D eigenvalue weighted by Crippen LogP contribution is -2.23. The number of hydrogen-bond donors (Lipinski definition) is 0. The summed E-state index contributed by atoms with van der Waals surface area (Å²) < 4.78 is 25.3. The van der Waals surface area contributed by atoms with Crippen LogP contribution in [0, 0.1) is 12.7 Å². The number of hydrogen-bond acceptors (Lipinski definition) is 2. The summed E-state index contributed by atoms with van der Waals surface area (Å²) in [6.45, 7) is 3.50. The van der Waals surface area contributed by atoms with Crippen LogP contribution in [-0.2, 0) is 10.8 Å². The smallest absolute Gasteiger partial charge is 0.178 e. The Morgan fingerprint density at radius 2 is 1.70 bits per heavy atom. The van der Waals surface area contributed by atoms with Gasteiger partial charge < -0.3 is 0 Å². The summed E-state index contributed by atoms with van der Waals surface area (Å²) in [7, 11) is -1.42. The van der Waals surface area contributed by atoms with Gasteiger partial charge in [-0.3, -0.25) is 9.00 Å². The van der Waals surface area contributed by atoms with E-state index < -0.39 is 21.9 Å². The highest BCUT2D eigenvalue weighted by molar-refractivity contribution is 7.86. The van der Waals surface area contributed by atoms with E-state index in [1.165, 1.54) is 24.3 Å². The van der Waals surface area contributed by atoms with Crippen LogP contribution in [0.25, 0.3) is 0 Å². The van der Waals surface area contributed by atoms with Crippen LogP contribution in [0.5, 0.6) is 0 Å². The van der Waals surface area contributed by atoms with Gasteiger partial charge in [-0.1, -0.05) is 18.2 Å². The zero-order valence-corrected chi connectivity index (χ0v) is 12.1. The average Bonchev–Trinajstić information content (AvgIpc) is 2.46. The van der Waals surface area contributed by atoms with Gasteiger partial charge in [-0.05, 0) is 49.7 Å². The molecule has 0 bridgehead atoms. The molecule has 0 saturated heterocycles. The van der Waals surface area contributed by atoms with Gasteiger partial charge in [0.25, 0.3) is 0 Å². The monoisotopic (exact) mass is 290 g/mol. The number of carbonyl (C=O) groups excluding carboxylic acids is 1. The quantitative estimate of drug-likeness (QED) is 0.807. The van der Waals surface area contributed by atoms with Crippen LogP contribution >= 0.6 is 0 Å². The second-order valence-electron chi connectivity index (χ2n) is 4.58. The van der Waals surface area contributed by atoms with Gasteiger partial charge >= 0.3 is 0 Å². The van der Waals surface area contributed by atoms with E-state index in [1.54, 1.807) is 19.1 Å². The van der Waals surface area contributed by atoms with Crippen LogP contribution in [-0.4, -0.2) is 15.2 Å². The summed E-state index contributed by atoms with van der Waals surface area (Å²) >= 11 is 0. The van der Waals surface area contributed by atoms with E-state index in [1.807, 2.05) is 19.1 Å². The molecule has 0 heterocycles. The van der Waals surface area contributed by atoms with E-state index in [0.717, 1.165) is 5.56 Å². The Labute approximate surface area is 120 Å². The molecule has 0 radical (unpaired) electrons. The molecule has 0 aromatic heterocycles. The van der Waals surface area contributed by atoms with Crippen molar-refractivity contribution >= 4 is 16.6 Å². The van der Waals surface area contributed by atoms with E-state index in [2.05, 4.69) is 0 Å². The number of benzene rings is 2. The summed E-state index contributed by atoms with van der Waals surface area (Å²) in [5, 5.41) is -0.665. The van der Waals surface area contributed by atoms with Crippen LogP contribution in [0.2, 0.25) is 0 Å². The minimum Gasteiger partial charge on any atom is -0.293 e. The minimum atomic E-state index is -1.42. The van der Waals surface area contributed by atoms with Gasteiger partial charge in [0.05, 0.1) is 16.0 Å². The molecule has 2 unspecified atom stereocenters. The maximum Gasteiger partial charge on any atom is 0.178 e. The second kappa shape index (κ2) is 6.09. The third-order valence-electron chi connectivity index (χ3n) is 3.13. The Hall–Kier alpha value is -1.81. The van der Waals surface area contributed by atoms with Crippen LogP contribution in [0.3, 0.4) is 0 Å². The van der Waals surface area contributed by atoms with Gasteiger partial charge in [-0.25, -0.2) is 4.39 Å². The molecule has 0 fully saturated rings. The first-order valence-electron chi connectivity index (χ1n) is 6.26. The molecular weight excluding hydrogens is 275 g/mol. The molecular formula is C16H15FO2S. The fourth-order valence-electron chi connectivity index (χ4n) is 1.92. The average molecular weight is 290 g/mol. The zero-order chi connectivity index (χ0) is 14.7. The van der Waals surface area contributed by atoms with Gasteiger partial charge in [0.15, 0.2) is 5.78 Å². The second-order valence-corrected chi connectivity index (χ2v) is 6.32. The normalized spacial score (nSPS) is 13.8. The predicted molar refractivity (Wildman–Crippen MR) is 77.8 cm³/mol. The van der Waals surface area contributed by atoms with Crippen LogP contribution in [0.1, 0.15) is 22.8 Å². The highest BCUT2D eigenvalue weighted by Crippen LogP contribution is 2.18. The molecule has 2 atom stereocenters. The lowest BCUT2D eigenvalue weighted by Gasteiger charge is -2.12. The summed E-state index contributed by atoms with van der Waals surface area (Å²) in [4.78, 5) is 12.9. The largest absolute Gasteiger partial charge is 0.293 e. The van der Waals surface area contributed by atoms with Crippen molar-refractivity contribution < 1.29 is 13.4 Å². The number of carbonyl (C=O) groups is 1. The van der Waals surface area contributed by atoms with Crippen molar-refractivity contribution in [2.75, 3.05) is 0 Å². The van der Waals surface area contributed by atoms with Crippen molar-refractivity contribution in [1.29, 1.82) is 0 Å². The van der Waals surface area contributed by atoms with Crippen molar-refractivity contribution in [3.8, 4) is 0 Å². The molecule has 20 heavy (non-hydrogen) atoms. The third-order valence-corrected chi connectivity index (χ3v) is 4.88. The summed E-state index contributed by atoms with van der Waals surface area (Å²) in [5.41, 5.74) is 1.27. The molecule has 4 heteroatoms. The minimum absolute atomic E-state index is 0.244. The van der Waals surface area contributed by atoms with Crippen molar-refractivity contribution in [2.45, 2.75) is 24.0 Å². The van der Waals surface area contributed by atoms with Gasteiger partial charge in [0.2, 0.25) is 0 Å². The fraction of sp³-hybridized carbons (Fsp3) is 0.188. The van der Waals surface area contributed by atoms with E-state index in [4.69, 9.17) is 0 Å². The lowest BCUT2D eigenvalue weighted by molar-refractivity contribution is 0.0992. The van der Waals surface area contributed by atoms with Crippen molar-refractivity contribution in [3.63, 3.8) is 0 Å². The fourth-order valence-corrected chi connectivity index (χ4v) is 3.23. The molecule has 0 saturated carbocycles. The molecule has 0 spiro atoms. The maximum absolute atomic E-state index is 12.9. The molecule has 2 aromatic carbocycles. The standard InChI is InChI=1S/C16H15FO2S/c1-11-5-3-4-6-15(11)20(19)12(2)16(18)13-7-9-14(17)10-8-13/h3-10,12H,1-2H3. The Balaban J connectivity index is 2.25. The SMILES string of the molecule is Cc1ccccc1S(=O)C(C)C(=O)c1ccc(F)cc1. The van der Waals surface area contributed by atoms with Gasteiger partial charge in [0, 0.05) is 10.5 Å². The molecule has 0 aliphatic carbocycles. The molecule has 0 amide bonds. The highest BCUT2D eigenvalue weighted by atomic mass is 32.2. The number of ketones is 1. The summed E-state index contributed by atoms with van der Waals surface area (Å²) in [5.74, 6) is -0.638. The number of rotatable bonds is 4. The van der Waals surface area contributed by atoms with Crippen molar-refractivity contribution in [1.82, 2.24) is 0 Å². The predicted octanol–water partition coefficient (Wildman–Crippen LogP) is 3.51. The summed E-state index contributed by atoms with van der Waals surface area (Å²) in [6, 6.07) is 12.6. The molecule has 2 aromatic rings. The Kier molecular flexibility index (Phi) is 4.45. The highest BCUT2D eigenvalue weighted by Gasteiger charge is 2.23. The number of Topliss-reactive ketones (excluding diaryl/α,β-unsaturated/α-hetero) is 1. The van der Waals surface area contributed by atoms with E-state index >= 15 is 0 Å². The van der Waals surface area contributed by atoms with E-state index in [-0.39, 0.29) is 5.78 Å². The van der Waals surface area contributed by atoms with Crippen LogP contribution in [0.15, 0.2) is 53.4 Å². The lowest BCUT2D eigenvalue weighted by atomic mass is 10.1. The molecule has 0 aliphatic heterocycles. The van der Waals surface area contributed by atoms with Gasteiger partial charge in [-0.15, -0.1) is 0 Å². The zero-order valence-electron chi connectivity index (χ0n) is 11.3. The molecule has 2 rings (SSSR count). The topological polar surface area (TPSA) is 34.1 Å². The first kappa shape index (κ1) is 14.6. The van der Waals surface area contributed by atoms with Crippen LogP contribution < -0.4 is 0 Å². The first-order chi connectivity index (χ1) is 9.50. The Morgan fingerprint density at radius 1 is 1.10 bits per heavy atom. The molecule has 104 valence electrons. The molecule has 0 N–H and O–H groups in total. The summed E-state index contributed by atoms with van der Waals surface area (Å²) in [6.07, 6.45) is 0. The number of halogens is 1. The van der Waals surface area contributed by atoms with E-state index in [9.17, 15) is 13.4 Å². The van der Waals surface area contributed by atoms with Crippen molar-refractivity contribution in [3.05, 3.63) is 65.5 Å². The van der Waals surface area contributed by atoms with Gasteiger partial charge in [0.1, 0.15) is 5.82 Å². The van der Waals surface area contributed by atoms with Gasteiger partial charge in [-0.2, -0.15) is 0 Å². The van der Waals surface area contributed by atoms with E-state index in [0.29, 0.717) is 10.5 Å². The Bertz CT molecular complexity index is 650. The first-order valence-corrected chi connectivity index (χ1v) is 7.48. The maximum atomic E-state index is 12.9. The molecule has 0 aliphatic rings. The van der Waals surface area contributed by atoms with Crippen LogP contribution in [0.4, 0.5) is 4.39 Å².